The van der Waals surface area contributed by atoms with Crippen LogP contribution in [0.25, 0.3) is 22.3 Å². The molecule has 0 N–H and O–H groups in total. The molecule has 128 valence electrons. The summed E-state index contributed by atoms with van der Waals surface area (Å²) in [7, 11) is 0. The van der Waals surface area contributed by atoms with Gasteiger partial charge in [0.25, 0.3) is 0 Å². The van der Waals surface area contributed by atoms with Crippen LogP contribution in [0.4, 0.5) is 30.7 Å². The largest absolute Gasteiger partial charge is 0.206 e. The molecule has 0 radical (unpaired) electrons. The molecule has 25 heavy (non-hydrogen) atoms. The fourth-order valence-electron chi connectivity index (χ4n) is 2.45. The van der Waals surface area contributed by atoms with Gasteiger partial charge in [0.05, 0.1) is 11.1 Å². The van der Waals surface area contributed by atoms with Crippen molar-refractivity contribution in [3.05, 3.63) is 83.2 Å². The van der Waals surface area contributed by atoms with Crippen molar-refractivity contribution < 1.29 is 30.7 Å². The van der Waals surface area contributed by atoms with Crippen LogP contribution in [0, 0.1) is 40.7 Å². The summed E-state index contributed by atoms with van der Waals surface area (Å²) < 4.78 is 96.2. The van der Waals surface area contributed by atoms with Crippen LogP contribution in [0.15, 0.2) is 42.5 Å². The Bertz CT molecular complexity index is 936. The number of halogens is 7. The molecule has 0 aromatic heterocycles. The first-order valence-electron chi connectivity index (χ1n) is 6.88. The van der Waals surface area contributed by atoms with Crippen LogP contribution in [0.2, 0.25) is 0 Å². The van der Waals surface area contributed by atoms with Gasteiger partial charge >= 0.3 is 0 Å². The van der Waals surface area contributed by atoms with Crippen molar-refractivity contribution >= 4 is 0 Å². The maximum absolute atomic E-state index is 14.7. The lowest BCUT2D eigenvalue weighted by molar-refractivity contribution is 0.447. The quantitative estimate of drug-likeness (QED) is 0.391. The van der Waals surface area contributed by atoms with E-state index >= 15 is 0 Å². The maximum Gasteiger partial charge on any atom is 0.194 e. The molecule has 0 unspecified atom stereocenters. The molecule has 0 aliphatic heterocycles. The minimum atomic E-state index is -1.76. The molecule has 3 aromatic carbocycles. The second-order valence-electron chi connectivity index (χ2n) is 5.13. The van der Waals surface area contributed by atoms with Crippen LogP contribution in [-0.2, 0) is 0 Å². The molecule has 0 spiro atoms. The molecule has 3 aromatic rings. The minimum absolute atomic E-state index is 0.452. The van der Waals surface area contributed by atoms with E-state index in [1.54, 1.807) is 0 Å². The van der Waals surface area contributed by atoms with E-state index in [4.69, 9.17) is 0 Å². The van der Waals surface area contributed by atoms with Crippen LogP contribution in [0.1, 0.15) is 0 Å². The third-order valence-electron chi connectivity index (χ3n) is 3.60. The number of hydrogen-bond acceptors (Lipinski definition) is 0. The van der Waals surface area contributed by atoms with Crippen LogP contribution in [0.5, 0.6) is 0 Å². The molecule has 0 heterocycles. The van der Waals surface area contributed by atoms with Gasteiger partial charge in [-0.3, -0.25) is 0 Å². The summed E-state index contributed by atoms with van der Waals surface area (Å²) in [6.07, 6.45) is 0. The van der Waals surface area contributed by atoms with Gasteiger partial charge < -0.3 is 0 Å². The van der Waals surface area contributed by atoms with Gasteiger partial charge in [-0.05, 0) is 42.0 Å². The molecular weight excluding hydrogens is 349 g/mol. The Morgan fingerprint density at radius 2 is 1.00 bits per heavy atom. The molecule has 0 fully saturated rings. The average Bonchev–Trinajstić information content (AvgIpc) is 2.55. The highest BCUT2D eigenvalue weighted by atomic mass is 19.2. The Balaban J connectivity index is 2.30. The molecular formula is C18H7F7. The maximum atomic E-state index is 14.7. The summed E-state index contributed by atoms with van der Waals surface area (Å²) in [6, 6.07) is 5.14. The van der Waals surface area contributed by atoms with Gasteiger partial charge in [0.15, 0.2) is 17.5 Å². The fraction of sp³-hybridized carbons (Fsp3) is 0. The van der Waals surface area contributed by atoms with E-state index in [1.807, 2.05) is 0 Å². The number of rotatable bonds is 2. The molecule has 0 aliphatic carbocycles. The molecule has 0 nitrogen and oxygen atoms in total. The summed E-state index contributed by atoms with van der Waals surface area (Å²) in [5, 5.41) is 0. The lowest BCUT2D eigenvalue weighted by atomic mass is 9.96. The van der Waals surface area contributed by atoms with E-state index in [0.717, 1.165) is 24.3 Å². The van der Waals surface area contributed by atoms with Crippen molar-refractivity contribution in [3.8, 4) is 22.3 Å². The van der Waals surface area contributed by atoms with E-state index in [2.05, 4.69) is 0 Å². The Morgan fingerprint density at radius 3 is 1.56 bits per heavy atom. The summed E-state index contributed by atoms with van der Waals surface area (Å²) in [5.74, 6) is -10.1. The van der Waals surface area contributed by atoms with Gasteiger partial charge in [0, 0.05) is 5.56 Å². The first-order chi connectivity index (χ1) is 11.8. The molecule has 3 rings (SSSR count). The summed E-state index contributed by atoms with van der Waals surface area (Å²) in [4.78, 5) is 0. The van der Waals surface area contributed by atoms with E-state index < -0.39 is 63.0 Å². The van der Waals surface area contributed by atoms with Gasteiger partial charge in [-0.15, -0.1) is 0 Å². The topological polar surface area (TPSA) is 0 Å². The third-order valence-corrected chi connectivity index (χ3v) is 3.60. The van der Waals surface area contributed by atoms with Crippen molar-refractivity contribution in [2.75, 3.05) is 0 Å². The van der Waals surface area contributed by atoms with Crippen LogP contribution in [0.3, 0.4) is 0 Å². The number of hydrogen-bond donors (Lipinski definition) is 0. The normalized spacial score (nSPS) is 11.0. The van der Waals surface area contributed by atoms with Gasteiger partial charge in [0.2, 0.25) is 0 Å². The summed E-state index contributed by atoms with van der Waals surface area (Å²) in [5.41, 5.74) is -2.98. The molecule has 0 aliphatic rings. The molecule has 0 bridgehead atoms. The van der Waals surface area contributed by atoms with Gasteiger partial charge in [-0.25, -0.2) is 30.7 Å². The van der Waals surface area contributed by atoms with E-state index in [0.29, 0.717) is 18.2 Å². The second-order valence-corrected chi connectivity index (χ2v) is 5.13. The number of benzene rings is 3. The predicted octanol–water partition coefficient (Wildman–Crippen LogP) is 5.99. The fourth-order valence-corrected chi connectivity index (χ4v) is 2.45. The van der Waals surface area contributed by atoms with Crippen molar-refractivity contribution in [3.63, 3.8) is 0 Å². The van der Waals surface area contributed by atoms with Crippen LogP contribution < -0.4 is 0 Å². The van der Waals surface area contributed by atoms with Gasteiger partial charge in [-0.1, -0.05) is 6.07 Å². The standard InChI is InChI=1S/C18H7F7/c19-10-2-1-3-11(20)15(10)16-12(21)5-4-9(17(16)24)8-6-13(22)18(25)14(23)7-8/h1-7H. The third kappa shape index (κ3) is 2.86. The highest BCUT2D eigenvalue weighted by molar-refractivity contribution is 5.75. The summed E-state index contributed by atoms with van der Waals surface area (Å²) in [6.45, 7) is 0. The smallest absolute Gasteiger partial charge is 0.194 e. The van der Waals surface area contributed by atoms with Crippen LogP contribution >= 0.6 is 0 Å². The van der Waals surface area contributed by atoms with Gasteiger partial charge in [-0.2, -0.15) is 0 Å². The predicted molar refractivity (Wildman–Crippen MR) is 77.0 cm³/mol. The Hall–Kier alpha value is -2.83. The van der Waals surface area contributed by atoms with E-state index in [1.165, 1.54) is 0 Å². The minimum Gasteiger partial charge on any atom is -0.206 e. The SMILES string of the molecule is Fc1cc(-c2ccc(F)c(-c3c(F)cccc3F)c2F)cc(F)c1F. The molecule has 0 atom stereocenters. The monoisotopic (exact) mass is 356 g/mol. The Labute approximate surface area is 137 Å². The molecule has 7 heteroatoms. The van der Waals surface area contributed by atoms with Crippen molar-refractivity contribution in [2.24, 2.45) is 0 Å². The average molecular weight is 356 g/mol. The van der Waals surface area contributed by atoms with E-state index in [9.17, 15) is 30.7 Å². The zero-order chi connectivity index (χ0) is 18.3. The molecule has 0 saturated carbocycles. The van der Waals surface area contributed by atoms with E-state index in [-0.39, 0.29) is 0 Å². The van der Waals surface area contributed by atoms with Gasteiger partial charge in [0.1, 0.15) is 23.3 Å². The summed E-state index contributed by atoms with van der Waals surface area (Å²) >= 11 is 0. The first-order valence-corrected chi connectivity index (χ1v) is 6.88. The highest BCUT2D eigenvalue weighted by Gasteiger charge is 2.23. The second kappa shape index (κ2) is 6.23. The lowest BCUT2D eigenvalue weighted by Gasteiger charge is -2.12. The molecule has 0 saturated heterocycles. The van der Waals surface area contributed by atoms with Crippen molar-refractivity contribution in [2.45, 2.75) is 0 Å². The first kappa shape index (κ1) is 17.0. The lowest BCUT2D eigenvalue weighted by Crippen LogP contribution is -2.00. The highest BCUT2D eigenvalue weighted by Crippen LogP contribution is 2.36. The molecule has 0 amide bonds. The Morgan fingerprint density at radius 1 is 0.480 bits per heavy atom. The van der Waals surface area contributed by atoms with Crippen molar-refractivity contribution in [1.82, 2.24) is 0 Å². The Kier molecular flexibility index (Phi) is 4.24. The zero-order valence-electron chi connectivity index (χ0n) is 12.2. The zero-order valence-corrected chi connectivity index (χ0v) is 12.2. The van der Waals surface area contributed by atoms with Crippen molar-refractivity contribution in [1.29, 1.82) is 0 Å². The van der Waals surface area contributed by atoms with Crippen LogP contribution in [-0.4, -0.2) is 0 Å².